The normalized spacial score (nSPS) is 11.2. The second-order valence-corrected chi connectivity index (χ2v) is 5.21. The molecule has 0 unspecified atom stereocenters. The zero-order valence-electron chi connectivity index (χ0n) is 10.6. The van der Waals surface area contributed by atoms with E-state index in [1.807, 2.05) is 12.1 Å². The lowest BCUT2D eigenvalue weighted by Gasteiger charge is -2.16. The minimum Gasteiger partial charge on any atom is -0.295 e. The summed E-state index contributed by atoms with van der Waals surface area (Å²) in [4.78, 5) is 11.5. The molecule has 16 heavy (non-hydrogen) atoms. The fourth-order valence-corrected chi connectivity index (χ4v) is 2.26. The summed E-state index contributed by atoms with van der Waals surface area (Å²) in [5.74, 6) is 0.772. The summed E-state index contributed by atoms with van der Waals surface area (Å²) in [7, 11) is 0. The minimum absolute atomic E-state index is 0.0977. The van der Waals surface area contributed by atoms with Crippen molar-refractivity contribution < 1.29 is 4.79 Å². The van der Waals surface area contributed by atoms with Crippen molar-refractivity contribution in [2.75, 3.05) is 0 Å². The molecule has 0 aliphatic rings. The van der Waals surface area contributed by atoms with Crippen molar-refractivity contribution in [1.29, 1.82) is 0 Å². The minimum atomic E-state index is 0.0977. The Morgan fingerprint density at radius 2 is 1.44 bits per heavy atom. The first-order valence-electron chi connectivity index (χ1n) is 5.68. The van der Waals surface area contributed by atoms with Gasteiger partial charge in [0, 0.05) is 10.6 Å². The lowest BCUT2D eigenvalue weighted by molar-refractivity contribution is 0.101. The molecule has 0 radical (unpaired) electrons. The van der Waals surface area contributed by atoms with Crippen LogP contribution < -0.4 is 0 Å². The first kappa shape index (κ1) is 13.2. The van der Waals surface area contributed by atoms with E-state index in [-0.39, 0.29) is 5.78 Å². The van der Waals surface area contributed by atoms with Gasteiger partial charge in [-0.05, 0) is 42.0 Å². The van der Waals surface area contributed by atoms with E-state index in [9.17, 15) is 4.79 Å². The average molecular weight is 239 g/mol. The van der Waals surface area contributed by atoms with Crippen molar-refractivity contribution >= 4 is 17.4 Å². The number of ketones is 1. The van der Waals surface area contributed by atoms with Crippen molar-refractivity contribution in [1.82, 2.24) is 0 Å². The first-order valence-corrected chi connectivity index (χ1v) is 6.06. The van der Waals surface area contributed by atoms with Gasteiger partial charge in [-0.15, -0.1) is 0 Å². The Morgan fingerprint density at radius 3 is 1.69 bits per heavy atom. The van der Waals surface area contributed by atoms with Crippen molar-refractivity contribution in [2.24, 2.45) is 0 Å². The van der Waals surface area contributed by atoms with E-state index >= 15 is 0 Å². The third kappa shape index (κ3) is 2.65. The van der Waals surface area contributed by atoms with Crippen LogP contribution in [0.4, 0.5) is 0 Å². The molecule has 0 amide bonds. The standard InChI is InChI=1S/C14H19ClO/c1-8(2)12-6-11(10(5)16)7-13(9(3)4)14(12)15/h6-9H,1-5H3. The van der Waals surface area contributed by atoms with Crippen LogP contribution in [-0.2, 0) is 0 Å². The van der Waals surface area contributed by atoms with Crippen LogP contribution >= 0.6 is 11.6 Å². The zero-order chi connectivity index (χ0) is 12.5. The zero-order valence-corrected chi connectivity index (χ0v) is 11.4. The van der Waals surface area contributed by atoms with E-state index in [1.165, 1.54) is 0 Å². The maximum atomic E-state index is 11.5. The molecule has 1 nitrogen and oxygen atoms in total. The largest absolute Gasteiger partial charge is 0.295 e. The van der Waals surface area contributed by atoms with Gasteiger partial charge in [-0.2, -0.15) is 0 Å². The highest BCUT2D eigenvalue weighted by Crippen LogP contribution is 2.33. The molecule has 0 heterocycles. The fourth-order valence-electron chi connectivity index (χ4n) is 1.71. The molecule has 0 spiro atoms. The Bertz CT molecular complexity index is 376. The highest BCUT2D eigenvalue weighted by atomic mass is 35.5. The van der Waals surface area contributed by atoms with Crippen LogP contribution in [0.3, 0.4) is 0 Å². The number of Topliss-reactive ketones (excluding diaryl/α,β-unsaturated/α-hetero) is 1. The van der Waals surface area contributed by atoms with Gasteiger partial charge in [-0.1, -0.05) is 39.3 Å². The van der Waals surface area contributed by atoms with Crippen molar-refractivity contribution in [2.45, 2.75) is 46.5 Å². The SMILES string of the molecule is CC(=O)c1cc(C(C)C)c(Cl)c(C(C)C)c1. The van der Waals surface area contributed by atoms with E-state index in [0.717, 1.165) is 21.7 Å². The fraction of sp³-hybridized carbons (Fsp3) is 0.500. The van der Waals surface area contributed by atoms with Gasteiger partial charge >= 0.3 is 0 Å². The predicted molar refractivity (Wildman–Crippen MR) is 69.6 cm³/mol. The molecule has 0 N–H and O–H groups in total. The maximum Gasteiger partial charge on any atom is 0.159 e. The smallest absolute Gasteiger partial charge is 0.159 e. The Morgan fingerprint density at radius 1 is 1.06 bits per heavy atom. The second kappa shape index (κ2) is 5.01. The number of carbonyl (C=O) groups excluding carboxylic acids is 1. The molecule has 0 aliphatic carbocycles. The van der Waals surface area contributed by atoms with Crippen LogP contribution in [0.25, 0.3) is 0 Å². The van der Waals surface area contributed by atoms with Crippen LogP contribution in [0, 0.1) is 0 Å². The Balaban J connectivity index is 3.45. The van der Waals surface area contributed by atoms with Gasteiger partial charge in [-0.3, -0.25) is 4.79 Å². The molecule has 0 atom stereocenters. The first-order chi connectivity index (χ1) is 7.34. The Hall–Kier alpha value is -0.820. The van der Waals surface area contributed by atoms with Gasteiger partial charge in [0.2, 0.25) is 0 Å². The Kier molecular flexibility index (Phi) is 4.15. The molecule has 0 saturated carbocycles. The molecule has 88 valence electrons. The monoisotopic (exact) mass is 238 g/mol. The van der Waals surface area contributed by atoms with Crippen LogP contribution in [0.15, 0.2) is 12.1 Å². The molecular formula is C14H19ClO. The molecule has 0 bridgehead atoms. The summed E-state index contributed by atoms with van der Waals surface area (Å²) >= 11 is 6.36. The number of hydrogen-bond donors (Lipinski definition) is 0. The Labute approximate surface area is 103 Å². The molecule has 0 aromatic heterocycles. The van der Waals surface area contributed by atoms with Gasteiger partial charge < -0.3 is 0 Å². The van der Waals surface area contributed by atoms with E-state index in [1.54, 1.807) is 6.92 Å². The van der Waals surface area contributed by atoms with Crippen LogP contribution in [0.1, 0.15) is 67.9 Å². The van der Waals surface area contributed by atoms with Crippen molar-refractivity contribution in [3.8, 4) is 0 Å². The van der Waals surface area contributed by atoms with Crippen LogP contribution in [0.2, 0.25) is 5.02 Å². The number of carbonyl (C=O) groups is 1. The third-order valence-corrected chi connectivity index (χ3v) is 3.22. The molecular weight excluding hydrogens is 220 g/mol. The molecule has 0 aliphatic heterocycles. The summed E-state index contributed by atoms with van der Waals surface area (Å²) in [5, 5.41) is 0.815. The summed E-state index contributed by atoms with van der Waals surface area (Å²) in [6.07, 6.45) is 0. The number of rotatable bonds is 3. The topological polar surface area (TPSA) is 17.1 Å². The number of halogens is 1. The molecule has 1 aromatic carbocycles. The maximum absolute atomic E-state index is 11.5. The van der Waals surface area contributed by atoms with E-state index in [4.69, 9.17) is 11.6 Å². The number of hydrogen-bond acceptors (Lipinski definition) is 1. The molecule has 2 heteroatoms. The van der Waals surface area contributed by atoms with Crippen molar-refractivity contribution in [3.63, 3.8) is 0 Å². The van der Waals surface area contributed by atoms with Gasteiger partial charge in [0.15, 0.2) is 5.78 Å². The highest BCUT2D eigenvalue weighted by molar-refractivity contribution is 6.32. The van der Waals surface area contributed by atoms with E-state index < -0.39 is 0 Å². The second-order valence-electron chi connectivity index (χ2n) is 4.83. The number of benzene rings is 1. The molecule has 0 saturated heterocycles. The molecule has 1 aromatic rings. The van der Waals surface area contributed by atoms with Gasteiger partial charge in [0.25, 0.3) is 0 Å². The summed E-state index contributed by atoms with van der Waals surface area (Å²) < 4.78 is 0. The molecule has 0 fully saturated rings. The van der Waals surface area contributed by atoms with E-state index in [2.05, 4.69) is 27.7 Å². The summed E-state index contributed by atoms with van der Waals surface area (Å²) in [6.45, 7) is 9.96. The summed E-state index contributed by atoms with van der Waals surface area (Å²) in [5.41, 5.74) is 2.90. The summed E-state index contributed by atoms with van der Waals surface area (Å²) in [6, 6.07) is 3.84. The quantitative estimate of drug-likeness (QED) is 0.692. The van der Waals surface area contributed by atoms with Crippen molar-refractivity contribution in [3.05, 3.63) is 33.8 Å². The third-order valence-electron chi connectivity index (χ3n) is 2.78. The van der Waals surface area contributed by atoms with E-state index in [0.29, 0.717) is 11.8 Å². The molecule has 1 rings (SSSR count). The highest BCUT2D eigenvalue weighted by Gasteiger charge is 2.15. The lowest BCUT2D eigenvalue weighted by atomic mass is 9.92. The predicted octanol–water partition coefficient (Wildman–Crippen LogP) is 4.79. The van der Waals surface area contributed by atoms with Crippen LogP contribution in [-0.4, -0.2) is 5.78 Å². The lowest BCUT2D eigenvalue weighted by Crippen LogP contribution is -2.02. The average Bonchev–Trinajstić information content (AvgIpc) is 2.16. The van der Waals surface area contributed by atoms with Gasteiger partial charge in [0.05, 0.1) is 0 Å². The van der Waals surface area contributed by atoms with Crippen LogP contribution in [0.5, 0.6) is 0 Å². The van der Waals surface area contributed by atoms with Gasteiger partial charge in [-0.25, -0.2) is 0 Å². The van der Waals surface area contributed by atoms with Gasteiger partial charge in [0.1, 0.15) is 0 Å².